The zero-order valence-electron chi connectivity index (χ0n) is 8.04. The molecule has 0 amide bonds. The summed E-state index contributed by atoms with van der Waals surface area (Å²) in [5.41, 5.74) is 5.32. The first-order chi connectivity index (χ1) is 6.31. The van der Waals surface area contributed by atoms with Crippen LogP contribution < -0.4 is 10.5 Å². The van der Waals surface area contributed by atoms with Crippen molar-refractivity contribution in [1.82, 2.24) is 4.72 Å². The average molecular weight is 206 g/mol. The van der Waals surface area contributed by atoms with Gasteiger partial charge in [0.25, 0.3) is 0 Å². The van der Waals surface area contributed by atoms with Gasteiger partial charge in [-0.15, -0.1) is 0 Å². The van der Waals surface area contributed by atoms with Gasteiger partial charge in [0.15, 0.2) is 0 Å². The molecule has 0 spiro atoms. The molecule has 0 aliphatic rings. The number of hydrogen-bond donors (Lipinski definition) is 2. The third-order valence-electron chi connectivity index (χ3n) is 1.47. The standard InChI is InChI=1S/C8H18N2O2S/c1-13-10-7-8(11)12-6-4-2-3-5-9/h10H,2-7,9H2,1H3. The maximum absolute atomic E-state index is 10.9. The van der Waals surface area contributed by atoms with Crippen molar-refractivity contribution in [3.8, 4) is 0 Å². The molecule has 0 aromatic carbocycles. The number of carbonyl (C=O) groups is 1. The van der Waals surface area contributed by atoms with Crippen LogP contribution in [-0.4, -0.2) is 31.9 Å². The summed E-state index contributed by atoms with van der Waals surface area (Å²) in [6.07, 6.45) is 4.80. The fraction of sp³-hybridized carbons (Fsp3) is 0.875. The number of carbonyl (C=O) groups excluding carboxylic acids is 1. The van der Waals surface area contributed by atoms with E-state index in [2.05, 4.69) is 4.72 Å². The smallest absolute Gasteiger partial charge is 0.320 e. The summed E-state index contributed by atoms with van der Waals surface area (Å²) >= 11 is 1.41. The first-order valence-electron chi connectivity index (χ1n) is 4.42. The number of hydrogen-bond acceptors (Lipinski definition) is 5. The van der Waals surface area contributed by atoms with Crippen LogP contribution in [0.3, 0.4) is 0 Å². The van der Waals surface area contributed by atoms with E-state index in [1.807, 2.05) is 6.26 Å². The highest BCUT2D eigenvalue weighted by molar-refractivity contribution is 7.96. The Morgan fingerprint density at radius 1 is 1.46 bits per heavy atom. The van der Waals surface area contributed by atoms with Crippen LogP contribution in [-0.2, 0) is 9.53 Å². The van der Waals surface area contributed by atoms with Crippen molar-refractivity contribution in [2.45, 2.75) is 19.3 Å². The highest BCUT2D eigenvalue weighted by Crippen LogP contribution is 1.94. The fourth-order valence-electron chi connectivity index (χ4n) is 0.791. The van der Waals surface area contributed by atoms with E-state index in [1.165, 1.54) is 11.9 Å². The molecule has 0 fully saturated rings. The molecule has 0 saturated heterocycles. The molecule has 5 heteroatoms. The van der Waals surface area contributed by atoms with Crippen LogP contribution in [0.5, 0.6) is 0 Å². The Balaban J connectivity index is 3.08. The highest BCUT2D eigenvalue weighted by Gasteiger charge is 1.99. The molecule has 0 aliphatic carbocycles. The number of ether oxygens (including phenoxy) is 1. The summed E-state index contributed by atoms with van der Waals surface area (Å²) in [5.74, 6) is -0.193. The molecule has 0 bridgehead atoms. The van der Waals surface area contributed by atoms with E-state index >= 15 is 0 Å². The normalized spacial score (nSPS) is 10.0. The van der Waals surface area contributed by atoms with Gasteiger partial charge in [-0.1, -0.05) is 11.9 Å². The number of rotatable bonds is 8. The number of unbranched alkanes of at least 4 members (excludes halogenated alkanes) is 2. The Bertz CT molecular complexity index is 133. The fourth-order valence-corrected chi connectivity index (χ4v) is 1.05. The van der Waals surface area contributed by atoms with Gasteiger partial charge in [-0.25, -0.2) is 0 Å². The molecule has 0 radical (unpaired) electrons. The third-order valence-corrected chi connectivity index (χ3v) is 1.91. The van der Waals surface area contributed by atoms with E-state index < -0.39 is 0 Å². The molecule has 78 valence electrons. The van der Waals surface area contributed by atoms with Crippen LogP contribution in [0.1, 0.15) is 19.3 Å². The summed E-state index contributed by atoms with van der Waals surface area (Å²) in [6.45, 7) is 1.49. The summed E-state index contributed by atoms with van der Waals surface area (Å²) in [7, 11) is 0. The SMILES string of the molecule is CSNCC(=O)OCCCCCN. The monoisotopic (exact) mass is 206 g/mol. The van der Waals surface area contributed by atoms with E-state index in [-0.39, 0.29) is 12.5 Å². The van der Waals surface area contributed by atoms with Gasteiger partial charge in [-0.2, -0.15) is 0 Å². The lowest BCUT2D eigenvalue weighted by Crippen LogP contribution is -2.19. The third kappa shape index (κ3) is 9.66. The van der Waals surface area contributed by atoms with Crippen molar-refractivity contribution in [1.29, 1.82) is 0 Å². The van der Waals surface area contributed by atoms with E-state index in [1.54, 1.807) is 0 Å². The van der Waals surface area contributed by atoms with Crippen LogP contribution in [0.2, 0.25) is 0 Å². The molecular formula is C8H18N2O2S. The lowest BCUT2D eigenvalue weighted by atomic mass is 10.2. The van der Waals surface area contributed by atoms with Gasteiger partial charge in [0.2, 0.25) is 0 Å². The Morgan fingerprint density at radius 3 is 2.85 bits per heavy atom. The second-order valence-electron chi connectivity index (χ2n) is 2.60. The summed E-state index contributed by atoms with van der Waals surface area (Å²) in [4.78, 5) is 10.9. The van der Waals surface area contributed by atoms with E-state index in [0.29, 0.717) is 13.2 Å². The predicted molar refractivity (Wildman–Crippen MR) is 55.4 cm³/mol. The number of esters is 1. The summed E-state index contributed by atoms with van der Waals surface area (Å²) in [6, 6.07) is 0. The van der Waals surface area contributed by atoms with Gasteiger partial charge >= 0.3 is 5.97 Å². The maximum Gasteiger partial charge on any atom is 0.320 e. The molecule has 0 unspecified atom stereocenters. The zero-order chi connectivity index (χ0) is 9.94. The summed E-state index contributed by atoms with van der Waals surface area (Å²) in [5, 5.41) is 0. The summed E-state index contributed by atoms with van der Waals surface area (Å²) < 4.78 is 7.76. The van der Waals surface area contributed by atoms with Crippen LogP contribution >= 0.6 is 11.9 Å². The quantitative estimate of drug-likeness (QED) is 0.344. The molecule has 0 rings (SSSR count). The molecule has 13 heavy (non-hydrogen) atoms. The number of nitrogens with two attached hydrogens (primary N) is 1. The minimum atomic E-state index is -0.193. The van der Waals surface area contributed by atoms with Crippen molar-refractivity contribution in [3.05, 3.63) is 0 Å². The molecule has 0 aromatic rings. The first kappa shape index (κ1) is 12.7. The Hall–Kier alpha value is -0.260. The Kier molecular flexibility index (Phi) is 9.63. The van der Waals surface area contributed by atoms with Gasteiger partial charge < -0.3 is 10.5 Å². The Morgan fingerprint density at radius 2 is 2.23 bits per heavy atom. The molecule has 3 N–H and O–H groups in total. The second-order valence-corrected chi connectivity index (χ2v) is 3.29. The minimum Gasteiger partial charge on any atom is -0.465 e. The zero-order valence-corrected chi connectivity index (χ0v) is 8.86. The van der Waals surface area contributed by atoms with Gasteiger partial charge in [-0.3, -0.25) is 9.52 Å². The van der Waals surface area contributed by atoms with E-state index in [9.17, 15) is 4.79 Å². The van der Waals surface area contributed by atoms with E-state index in [4.69, 9.17) is 10.5 Å². The lowest BCUT2D eigenvalue weighted by Gasteiger charge is -2.03. The van der Waals surface area contributed by atoms with Crippen molar-refractivity contribution < 1.29 is 9.53 Å². The minimum absolute atomic E-state index is 0.193. The predicted octanol–water partition coefficient (Wildman–Crippen LogP) is 0.526. The van der Waals surface area contributed by atoms with Crippen LogP contribution in [0, 0.1) is 0 Å². The van der Waals surface area contributed by atoms with Crippen molar-refractivity contribution in [2.24, 2.45) is 5.73 Å². The molecule has 0 atom stereocenters. The molecule has 0 aliphatic heterocycles. The van der Waals surface area contributed by atoms with Gasteiger partial charge in [-0.05, 0) is 32.1 Å². The van der Waals surface area contributed by atoms with Crippen molar-refractivity contribution >= 4 is 17.9 Å². The molecule has 4 nitrogen and oxygen atoms in total. The second kappa shape index (κ2) is 9.83. The molecular weight excluding hydrogens is 188 g/mol. The van der Waals surface area contributed by atoms with Crippen molar-refractivity contribution in [3.63, 3.8) is 0 Å². The van der Waals surface area contributed by atoms with Crippen molar-refractivity contribution in [2.75, 3.05) is 26.0 Å². The molecule has 0 saturated carbocycles. The maximum atomic E-state index is 10.9. The van der Waals surface area contributed by atoms with Gasteiger partial charge in [0.05, 0.1) is 6.61 Å². The highest BCUT2D eigenvalue weighted by atomic mass is 32.2. The Labute approximate surface area is 83.7 Å². The lowest BCUT2D eigenvalue weighted by molar-refractivity contribution is -0.142. The number of nitrogens with one attached hydrogen (secondary N) is 1. The van der Waals surface area contributed by atoms with Crippen LogP contribution in [0.15, 0.2) is 0 Å². The van der Waals surface area contributed by atoms with Crippen LogP contribution in [0.4, 0.5) is 0 Å². The first-order valence-corrected chi connectivity index (χ1v) is 5.65. The molecule has 0 aromatic heterocycles. The van der Waals surface area contributed by atoms with E-state index in [0.717, 1.165) is 19.3 Å². The van der Waals surface area contributed by atoms with Gasteiger partial charge in [0.1, 0.15) is 6.54 Å². The largest absolute Gasteiger partial charge is 0.465 e. The van der Waals surface area contributed by atoms with Gasteiger partial charge in [0, 0.05) is 0 Å². The van der Waals surface area contributed by atoms with Crippen LogP contribution in [0.25, 0.3) is 0 Å². The topological polar surface area (TPSA) is 64.3 Å². The molecule has 0 heterocycles. The average Bonchev–Trinajstić information content (AvgIpc) is 2.14.